The number of rotatable bonds is 9. The summed E-state index contributed by atoms with van der Waals surface area (Å²) in [7, 11) is 0. The van der Waals surface area contributed by atoms with E-state index in [9.17, 15) is 14.7 Å². The highest BCUT2D eigenvalue weighted by molar-refractivity contribution is 5.86. The smallest absolute Gasteiger partial charge is 0.326 e. The number of carboxylic acids is 1. The molecule has 0 bridgehead atoms. The van der Waals surface area contributed by atoms with Crippen LogP contribution in [0.3, 0.4) is 0 Å². The average molecular weight is 293 g/mol. The lowest BCUT2D eigenvalue weighted by atomic mass is 10.1. The van der Waals surface area contributed by atoms with E-state index in [1.54, 1.807) is 30.3 Å². The van der Waals surface area contributed by atoms with Crippen molar-refractivity contribution in [2.75, 3.05) is 0 Å². The summed E-state index contributed by atoms with van der Waals surface area (Å²) in [6.07, 6.45) is 2.83. The van der Waals surface area contributed by atoms with Crippen molar-refractivity contribution in [1.29, 1.82) is 0 Å². The van der Waals surface area contributed by atoms with E-state index >= 15 is 0 Å². The maximum atomic E-state index is 11.9. The predicted octanol–water partition coefficient (Wildman–Crippen LogP) is 2.26. The highest BCUT2D eigenvalue weighted by Crippen LogP contribution is 2.13. The van der Waals surface area contributed by atoms with Gasteiger partial charge in [0.1, 0.15) is 6.04 Å². The SMILES string of the molecule is CCCCCC[C@H](NC(=O)[C@@H](O)c1ccccc1)C(=O)O. The minimum Gasteiger partial charge on any atom is -0.480 e. The van der Waals surface area contributed by atoms with Gasteiger partial charge in [0.05, 0.1) is 0 Å². The zero-order chi connectivity index (χ0) is 15.7. The lowest BCUT2D eigenvalue weighted by molar-refractivity contribution is -0.143. The number of hydrogen-bond acceptors (Lipinski definition) is 3. The van der Waals surface area contributed by atoms with Gasteiger partial charge in [-0.3, -0.25) is 4.79 Å². The predicted molar refractivity (Wildman–Crippen MR) is 79.7 cm³/mol. The Morgan fingerprint density at radius 3 is 2.38 bits per heavy atom. The summed E-state index contributed by atoms with van der Waals surface area (Å²) in [5.41, 5.74) is 0.449. The van der Waals surface area contributed by atoms with E-state index < -0.39 is 24.0 Å². The number of aliphatic hydroxyl groups is 1. The van der Waals surface area contributed by atoms with E-state index in [1.807, 2.05) is 0 Å². The van der Waals surface area contributed by atoms with Crippen LogP contribution in [-0.4, -0.2) is 28.1 Å². The topological polar surface area (TPSA) is 86.6 Å². The van der Waals surface area contributed by atoms with Crippen LogP contribution in [-0.2, 0) is 9.59 Å². The third-order valence-corrected chi connectivity index (χ3v) is 3.32. The lowest BCUT2D eigenvalue weighted by Gasteiger charge is -2.17. The summed E-state index contributed by atoms with van der Waals surface area (Å²) < 4.78 is 0. The number of hydrogen-bond donors (Lipinski definition) is 3. The maximum Gasteiger partial charge on any atom is 0.326 e. The molecule has 1 rings (SSSR count). The van der Waals surface area contributed by atoms with Gasteiger partial charge >= 0.3 is 5.97 Å². The van der Waals surface area contributed by atoms with Crippen molar-refractivity contribution in [3.05, 3.63) is 35.9 Å². The molecule has 0 saturated heterocycles. The van der Waals surface area contributed by atoms with Crippen LogP contribution >= 0.6 is 0 Å². The molecular formula is C16H23NO4. The Kier molecular flexibility index (Phi) is 7.46. The van der Waals surface area contributed by atoms with Crippen molar-refractivity contribution < 1.29 is 19.8 Å². The van der Waals surface area contributed by atoms with Crippen LogP contribution in [0.2, 0.25) is 0 Å². The van der Waals surface area contributed by atoms with Crippen molar-refractivity contribution in [2.45, 2.75) is 51.2 Å². The van der Waals surface area contributed by atoms with Crippen LogP contribution in [0.5, 0.6) is 0 Å². The fraction of sp³-hybridized carbons (Fsp3) is 0.500. The van der Waals surface area contributed by atoms with Gasteiger partial charge in [-0.25, -0.2) is 4.79 Å². The van der Waals surface area contributed by atoms with Gasteiger partial charge in [0.15, 0.2) is 6.10 Å². The molecule has 0 saturated carbocycles. The maximum absolute atomic E-state index is 11.9. The number of unbranched alkanes of at least 4 members (excludes halogenated alkanes) is 3. The molecule has 0 aliphatic heterocycles. The molecule has 3 N–H and O–H groups in total. The summed E-state index contributed by atoms with van der Waals surface area (Å²) in [4.78, 5) is 23.1. The van der Waals surface area contributed by atoms with Crippen LogP contribution in [0.15, 0.2) is 30.3 Å². The van der Waals surface area contributed by atoms with Crippen LogP contribution in [0.4, 0.5) is 0 Å². The fourth-order valence-electron chi connectivity index (χ4n) is 2.07. The monoisotopic (exact) mass is 293 g/mol. The highest BCUT2D eigenvalue weighted by atomic mass is 16.4. The molecule has 0 radical (unpaired) electrons. The highest BCUT2D eigenvalue weighted by Gasteiger charge is 2.24. The second-order valence-corrected chi connectivity index (χ2v) is 5.06. The number of carbonyl (C=O) groups is 2. The first-order chi connectivity index (χ1) is 10.1. The largest absolute Gasteiger partial charge is 0.480 e. The molecule has 5 nitrogen and oxygen atoms in total. The van der Waals surface area contributed by atoms with Gasteiger partial charge < -0.3 is 15.5 Å². The first-order valence-electron chi connectivity index (χ1n) is 7.32. The van der Waals surface area contributed by atoms with Crippen molar-refractivity contribution in [3.63, 3.8) is 0 Å². The molecule has 1 aromatic rings. The van der Waals surface area contributed by atoms with Gasteiger partial charge in [0, 0.05) is 0 Å². The fourth-order valence-corrected chi connectivity index (χ4v) is 2.07. The van der Waals surface area contributed by atoms with Gasteiger partial charge in [0.25, 0.3) is 5.91 Å². The number of benzene rings is 1. The zero-order valence-corrected chi connectivity index (χ0v) is 12.3. The van der Waals surface area contributed by atoms with Gasteiger partial charge in [0.2, 0.25) is 0 Å². The number of aliphatic hydroxyl groups excluding tert-OH is 1. The van der Waals surface area contributed by atoms with Crippen LogP contribution in [0.25, 0.3) is 0 Å². The molecule has 0 heterocycles. The molecule has 0 fully saturated rings. The molecule has 0 aromatic heterocycles. The molecular weight excluding hydrogens is 270 g/mol. The number of nitrogens with one attached hydrogen (secondary N) is 1. The van der Waals surface area contributed by atoms with Crippen molar-refractivity contribution in [3.8, 4) is 0 Å². The van der Waals surface area contributed by atoms with Crippen molar-refractivity contribution >= 4 is 11.9 Å². The summed E-state index contributed by atoms with van der Waals surface area (Å²) in [5, 5.41) is 21.5. The molecule has 116 valence electrons. The van der Waals surface area contributed by atoms with E-state index in [1.165, 1.54) is 0 Å². The Hall–Kier alpha value is -1.88. The lowest BCUT2D eigenvalue weighted by Crippen LogP contribution is -2.43. The zero-order valence-electron chi connectivity index (χ0n) is 12.3. The normalized spacial score (nSPS) is 13.4. The molecule has 2 atom stereocenters. The summed E-state index contributed by atoms with van der Waals surface area (Å²) in [5.74, 6) is -1.75. The second-order valence-electron chi connectivity index (χ2n) is 5.06. The molecule has 1 amide bonds. The van der Waals surface area contributed by atoms with Gasteiger partial charge in [-0.15, -0.1) is 0 Å². The summed E-state index contributed by atoms with van der Waals surface area (Å²) in [6.45, 7) is 2.08. The van der Waals surface area contributed by atoms with E-state index in [2.05, 4.69) is 12.2 Å². The minimum absolute atomic E-state index is 0.378. The first-order valence-corrected chi connectivity index (χ1v) is 7.32. The van der Waals surface area contributed by atoms with E-state index in [0.29, 0.717) is 12.0 Å². The molecule has 0 aliphatic rings. The molecule has 1 aromatic carbocycles. The Morgan fingerprint density at radius 1 is 1.14 bits per heavy atom. The van der Waals surface area contributed by atoms with Crippen molar-refractivity contribution in [2.24, 2.45) is 0 Å². The van der Waals surface area contributed by atoms with Crippen LogP contribution < -0.4 is 5.32 Å². The number of aliphatic carboxylic acids is 1. The third kappa shape index (κ3) is 5.95. The summed E-state index contributed by atoms with van der Waals surface area (Å²) >= 11 is 0. The third-order valence-electron chi connectivity index (χ3n) is 3.32. The molecule has 0 spiro atoms. The Balaban J connectivity index is 2.54. The second kappa shape index (κ2) is 9.13. The number of amides is 1. The van der Waals surface area contributed by atoms with Gasteiger partial charge in [-0.05, 0) is 12.0 Å². The van der Waals surface area contributed by atoms with Gasteiger partial charge in [-0.1, -0.05) is 62.9 Å². The van der Waals surface area contributed by atoms with Crippen molar-refractivity contribution in [1.82, 2.24) is 5.32 Å². The first kappa shape index (κ1) is 17.2. The van der Waals surface area contributed by atoms with Crippen LogP contribution in [0.1, 0.15) is 50.7 Å². The Labute approximate surface area is 125 Å². The molecule has 0 aliphatic carbocycles. The van der Waals surface area contributed by atoms with E-state index in [-0.39, 0.29) is 0 Å². The average Bonchev–Trinajstić information content (AvgIpc) is 2.50. The standard InChI is InChI=1S/C16H23NO4/c1-2-3-4-8-11-13(16(20)21)17-15(19)14(18)12-9-6-5-7-10-12/h5-7,9-10,13-14,18H,2-4,8,11H2,1H3,(H,17,19)(H,20,21)/t13-,14-/m0/s1. The summed E-state index contributed by atoms with van der Waals surface area (Å²) in [6, 6.07) is 7.51. The van der Waals surface area contributed by atoms with E-state index in [0.717, 1.165) is 25.7 Å². The number of carbonyl (C=O) groups excluding carboxylic acids is 1. The molecule has 21 heavy (non-hydrogen) atoms. The molecule has 5 heteroatoms. The number of carboxylic acid groups (broad SMARTS) is 1. The molecule has 0 unspecified atom stereocenters. The minimum atomic E-state index is -1.34. The Bertz CT molecular complexity index is 447. The van der Waals surface area contributed by atoms with Gasteiger partial charge in [-0.2, -0.15) is 0 Å². The Morgan fingerprint density at radius 2 is 1.81 bits per heavy atom. The quantitative estimate of drug-likeness (QED) is 0.609. The van der Waals surface area contributed by atoms with E-state index in [4.69, 9.17) is 5.11 Å². The van der Waals surface area contributed by atoms with Crippen LogP contribution in [0, 0.1) is 0 Å².